The van der Waals surface area contributed by atoms with Crippen molar-refractivity contribution in [1.82, 2.24) is 9.13 Å². The quantitative estimate of drug-likeness (QED) is 0.102. The average Bonchev–Trinajstić information content (AvgIpc) is 1.60. The summed E-state index contributed by atoms with van der Waals surface area (Å²) in [7, 11) is 0. The van der Waals surface area contributed by atoms with Crippen molar-refractivity contribution in [2.24, 2.45) is 0 Å². The van der Waals surface area contributed by atoms with E-state index in [1.165, 1.54) is 0 Å². The van der Waals surface area contributed by atoms with Gasteiger partial charge in [-0.05, 0) is 207 Å². The highest BCUT2D eigenvalue weighted by Crippen LogP contribution is 2.48. The molecule has 16 aromatic rings. The van der Waals surface area contributed by atoms with E-state index in [1.54, 1.807) is 0 Å². The van der Waals surface area contributed by atoms with Gasteiger partial charge < -0.3 is 28.7 Å². The first-order valence-corrected chi connectivity index (χ1v) is 31.5. The van der Waals surface area contributed by atoms with Crippen LogP contribution in [0.3, 0.4) is 0 Å². The van der Waals surface area contributed by atoms with Gasteiger partial charge in [-0.1, -0.05) is 157 Å². The smallest absolute Gasteiger partial charge is 0.0991 e. The summed E-state index contributed by atoms with van der Waals surface area (Å²) in [5.41, 5.74) is 22.2. The van der Waals surface area contributed by atoms with Crippen LogP contribution in [0.25, 0.3) is 66.1 Å². The van der Waals surface area contributed by atoms with Crippen LogP contribution in [0, 0.1) is 18.3 Å². The molecule has 93 heavy (non-hydrogen) atoms. The molecule has 0 atom stereocenters. The molecule has 0 aliphatic heterocycles. The van der Waals surface area contributed by atoms with Crippen LogP contribution in [0.15, 0.2) is 352 Å². The highest BCUT2D eigenvalue weighted by molar-refractivity contribution is 6.14. The third kappa shape index (κ3) is 10.2. The Labute approximate surface area is 541 Å². The highest BCUT2D eigenvalue weighted by Gasteiger charge is 2.26. The summed E-state index contributed by atoms with van der Waals surface area (Å²) in [5.74, 6) is 0. The minimum absolute atomic E-state index is 0.564. The number of aromatic nitrogens is 2. The first kappa shape index (κ1) is 55.7. The molecule has 440 valence electrons. The number of aryl methyl sites for hydroxylation is 1. The number of rotatable bonds is 15. The van der Waals surface area contributed by atoms with Crippen LogP contribution in [-0.2, 0) is 0 Å². The van der Waals surface area contributed by atoms with E-state index < -0.39 is 0 Å². The Kier molecular flexibility index (Phi) is 14.4. The molecule has 0 aliphatic rings. The fraction of sp³-hybridized carbons (Fsp3) is 0.0116. The summed E-state index contributed by atoms with van der Waals surface area (Å²) >= 11 is 0. The summed E-state index contributed by atoms with van der Waals surface area (Å²) in [5, 5.41) is 15.3. The lowest BCUT2D eigenvalue weighted by Gasteiger charge is -2.26. The number of hydrogen-bond acceptors (Lipinski definition) is 5. The van der Waals surface area contributed by atoms with Crippen LogP contribution in [0.5, 0.6) is 0 Å². The first-order chi connectivity index (χ1) is 46.0. The fourth-order valence-corrected chi connectivity index (χ4v) is 13.6. The minimum atomic E-state index is 0.564. The molecular weight excluding hydrogens is 1130 g/mol. The van der Waals surface area contributed by atoms with Gasteiger partial charge in [0.15, 0.2) is 0 Å². The molecule has 0 spiro atoms. The second-order valence-corrected chi connectivity index (χ2v) is 23.4. The Morgan fingerprint density at radius 3 is 0.720 bits per heavy atom. The minimum Gasteiger partial charge on any atom is -0.310 e. The molecule has 0 saturated carbocycles. The van der Waals surface area contributed by atoms with Gasteiger partial charge in [-0.25, -0.2) is 0 Å². The van der Waals surface area contributed by atoms with Gasteiger partial charge in [0.05, 0.1) is 45.1 Å². The predicted octanol–water partition coefficient (Wildman–Crippen LogP) is 23.6. The summed E-state index contributed by atoms with van der Waals surface area (Å²) < 4.78 is 4.86. The summed E-state index contributed by atoms with van der Waals surface area (Å²) in [6.45, 7) is 2.16. The van der Waals surface area contributed by atoms with Crippen LogP contribution < -0.4 is 19.6 Å². The maximum absolute atomic E-state index is 11.0. The molecule has 0 bridgehead atoms. The van der Waals surface area contributed by atoms with Crippen LogP contribution in [0.1, 0.15) is 11.1 Å². The number of hydrogen-bond donors (Lipinski definition) is 0. The molecule has 0 fully saturated rings. The van der Waals surface area contributed by atoms with Crippen molar-refractivity contribution in [3.63, 3.8) is 0 Å². The van der Waals surface area contributed by atoms with E-state index in [0.717, 1.165) is 140 Å². The van der Waals surface area contributed by atoms with Crippen molar-refractivity contribution in [1.29, 1.82) is 5.26 Å². The van der Waals surface area contributed by atoms with E-state index in [4.69, 9.17) is 0 Å². The topological polar surface area (TPSA) is 46.6 Å². The zero-order valence-corrected chi connectivity index (χ0v) is 51.1. The molecule has 14 aromatic carbocycles. The van der Waals surface area contributed by atoms with Crippen molar-refractivity contribution >= 4 is 112 Å². The lowest BCUT2D eigenvalue weighted by Crippen LogP contribution is -2.09. The van der Waals surface area contributed by atoms with Crippen LogP contribution >= 0.6 is 0 Å². The van der Waals surface area contributed by atoms with Gasteiger partial charge in [0.1, 0.15) is 0 Å². The molecule has 0 unspecified atom stereocenters. The number of para-hydroxylation sites is 8. The Balaban J connectivity index is 0.950. The van der Waals surface area contributed by atoms with Gasteiger partial charge in [0, 0.05) is 101 Å². The Bertz CT molecular complexity index is 4960. The molecular formula is C86H61N7. The van der Waals surface area contributed by atoms with Crippen molar-refractivity contribution in [3.05, 3.63) is 363 Å². The lowest BCUT2D eigenvalue weighted by atomic mass is 9.97. The van der Waals surface area contributed by atoms with Crippen LogP contribution in [0.4, 0.5) is 68.2 Å². The third-order valence-corrected chi connectivity index (χ3v) is 17.7. The highest BCUT2D eigenvalue weighted by atomic mass is 15.2. The summed E-state index contributed by atoms with van der Waals surface area (Å²) in [6.07, 6.45) is 0. The first-order valence-electron chi connectivity index (χ1n) is 31.5. The molecule has 0 aliphatic carbocycles. The second kappa shape index (κ2) is 24.1. The molecule has 7 nitrogen and oxygen atoms in total. The van der Waals surface area contributed by atoms with Gasteiger partial charge >= 0.3 is 0 Å². The predicted molar refractivity (Wildman–Crippen MR) is 389 cm³/mol. The average molecular weight is 1190 g/mol. The molecule has 0 N–H and O–H groups in total. The standard InChI is InChI=1S/C86H61N7/c1-61-42-48-81(92-83-50-44-71(88(63-26-10-2-11-27-63)64-28-12-3-13-29-64)56-77(83)78-57-72(45-51-84(78)92)89(65-30-14-4-15-31-65)66-32-16-5-17-33-66)75(54-61)76-55-62(60-87)43-49-82(76)93-85-52-46-73(90(67-34-18-6-19-35-67)68-36-20-7-21-37-68)58-79(85)80-59-74(47-53-86(80)93)91(69-38-22-8-23-39-69)70-40-24-9-25-41-70/h2-59H,1H3. The van der Waals surface area contributed by atoms with E-state index in [2.05, 4.69) is 388 Å². The van der Waals surface area contributed by atoms with Crippen molar-refractivity contribution in [2.75, 3.05) is 19.6 Å². The van der Waals surface area contributed by atoms with Gasteiger partial charge in [-0.2, -0.15) is 5.26 Å². The van der Waals surface area contributed by atoms with E-state index in [1.807, 2.05) is 6.07 Å². The number of nitrogens with zero attached hydrogens (tertiary/aromatic N) is 7. The Morgan fingerprint density at radius 1 is 0.237 bits per heavy atom. The van der Waals surface area contributed by atoms with Crippen molar-refractivity contribution < 1.29 is 0 Å². The number of nitriles is 1. The van der Waals surface area contributed by atoms with Gasteiger partial charge in [0.25, 0.3) is 0 Å². The lowest BCUT2D eigenvalue weighted by molar-refractivity contribution is 1.15. The molecule has 0 amide bonds. The SMILES string of the molecule is Cc1ccc(-n2c3ccc(N(c4ccccc4)c4ccccc4)cc3c3cc(N(c4ccccc4)c4ccccc4)ccc32)c(-c2cc(C#N)ccc2-n2c3ccc(N(c4ccccc4)c4ccccc4)cc3c3cc(N(c4ccccc4)c4ccccc4)ccc32)c1. The number of fused-ring (bicyclic) bond motifs is 6. The Morgan fingerprint density at radius 2 is 0.473 bits per heavy atom. The Hall–Kier alpha value is -12.6. The summed E-state index contributed by atoms with van der Waals surface area (Å²) in [4.78, 5) is 9.34. The fourth-order valence-electron chi connectivity index (χ4n) is 13.6. The second-order valence-electron chi connectivity index (χ2n) is 23.4. The van der Waals surface area contributed by atoms with Gasteiger partial charge in [0.2, 0.25) is 0 Å². The molecule has 0 saturated heterocycles. The van der Waals surface area contributed by atoms with E-state index in [9.17, 15) is 5.26 Å². The summed E-state index contributed by atoms with van der Waals surface area (Å²) in [6, 6.07) is 128. The number of anilines is 12. The molecule has 2 heterocycles. The van der Waals surface area contributed by atoms with E-state index in [-0.39, 0.29) is 0 Å². The largest absolute Gasteiger partial charge is 0.310 e. The van der Waals surface area contributed by atoms with Crippen molar-refractivity contribution in [2.45, 2.75) is 6.92 Å². The third-order valence-electron chi connectivity index (χ3n) is 17.7. The zero-order chi connectivity index (χ0) is 62.2. The normalized spacial score (nSPS) is 11.3. The monoisotopic (exact) mass is 1190 g/mol. The van der Waals surface area contributed by atoms with E-state index in [0.29, 0.717) is 5.56 Å². The van der Waals surface area contributed by atoms with Crippen LogP contribution in [0.2, 0.25) is 0 Å². The van der Waals surface area contributed by atoms with E-state index >= 15 is 0 Å². The van der Waals surface area contributed by atoms with Gasteiger partial charge in [-0.15, -0.1) is 0 Å². The number of benzene rings is 14. The zero-order valence-electron chi connectivity index (χ0n) is 51.1. The molecule has 16 rings (SSSR count). The van der Waals surface area contributed by atoms with Gasteiger partial charge in [-0.3, -0.25) is 0 Å². The molecule has 0 radical (unpaired) electrons. The molecule has 2 aromatic heterocycles. The maximum atomic E-state index is 11.0. The maximum Gasteiger partial charge on any atom is 0.0991 e. The van der Waals surface area contributed by atoms with Crippen LogP contribution in [-0.4, -0.2) is 9.13 Å². The molecule has 7 heteroatoms. The van der Waals surface area contributed by atoms with Crippen molar-refractivity contribution in [3.8, 4) is 28.6 Å².